The summed E-state index contributed by atoms with van der Waals surface area (Å²) in [4.78, 5) is 0. The molecule has 0 unspecified atom stereocenters. The number of anilines is 2. The van der Waals surface area contributed by atoms with Crippen LogP contribution < -0.4 is 11.5 Å². The Kier molecular flexibility index (Phi) is 2.95. The van der Waals surface area contributed by atoms with E-state index in [4.69, 9.17) is 34.7 Å². The van der Waals surface area contributed by atoms with E-state index in [0.29, 0.717) is 21.4 Å². The van der Waals surface area contributed by atoms with Crippen molar-refractivity contribution in [2.75, 3.05) is 11.5 Å². The fraction of sp³-hybridized carbons (Fsp3) is 0. The van der Waals surface area contributed by atoms with E-state index in [1.165, 1.54) is 0 Å². The van der Waals surface area contributed by atoms with Gasteiger partial charge in [0.2, 0.25) is 0 Å². The molecule has 4 N–H and O–H groups in total. The Hall–Kier alpha value is -1.38. The normalized spacial score (nSPS) is 10.4. The highest BCUT2D eigenvalue weighted by atomic mass is 35.5. The molecular formula is C12H10Cl2N2. The number of hydrogen-bond donors (Lipinski definition) is 2. The van der Waals surface area contributed by atoms with Gasteiger partial charge in [-0.05, 0) is 23.8 Å². The molecule has 2 nitrogen and oxygen atoms in total. The van der Waals surface area contributed by atoms with Crippen molar-refractivity contribution in [3.8, 4) is 11.1 Å². The fourth-order valence-corrected chi connectivity index (χ4v) is 1.84. The zero-order valence-electron chi connectivity index (χ0n) is 8.37. The molecule has 0 saturated heterocycles. The van der Waals surface area contributed by atoms with Crippen molar-refractivity contribution in [2.24, 2.45) is 0 Å². The summed E-state index contributed by atoms with van der Waals surface area (Å²) in [6.45, 7) is 0. The van der Waals surface area contributed by atoms with Crippen molar-refractivity contribution in [1.29, 1.82) is 0 Å². The molecule has 0 heterocycles. The largest absolute Gasteiger partial charge is 0.398 e. The number of rotatable bonds is 1. The standard InChI is InChI=1S/C12H10Cl2N2/c13-9-3-1-2-8(12(9)16)7-4-5-11(15)10(14)6-7/h1-6H,15-16H2. The molecule has 0 aromatic heterocycles. The van der Waals surface area contributed by atoms with Gasteiger partial charge in [-0.25, -0.2) is 0 Å². The van der Waals surface area contributed by atoms with E-state index in [0.717, 1.165) is 11.1 Å². The number of para-hydroxylation sites is 1. The van der Waals surface area contributed by atoms with E-state index >= 15 is 0 Å². The number of nitrogen functional groups attached to an aromatic ring is 2. The second kappa shape index (κ2) is 4.24. The highest BCUT2D eigenvalue weighted by molar-refractivity contribution is 6.34. The second-order valence-corrected chi connectivity index (χ2v) is 4.25. The summed E-state index contributed by atoms with van der Waals surface area (Å²) in [7, 11) is 0. The zero-order chi connectivity index (χ0) is 11.7. The molecule has 82 valence electrons. The molecule has 4 heteroatoms. The first-order valence-electron chi connectivity index (χ1n) is 4.69. The van der Waals surface area contributed by atoms with Gasteiger partial charge in [-0.3, -0.25) is 0 Å². The Balaban J connectivity index is 2.59. The van der Waals surface area contributed by atoms with E-state index in [1.807, 2.05) is 18.2 Å². The van der Waals surface area contributed by atoms with Gasteiger partial charge in [0.05, 0.1) is 21.4 Å². The molecule has 0 spiro atoms. The molecule has 0 fully saturated rings. The summed E-state index contributed by atoms with van der Waals surface area (Å²) in [5.74, 6) is 0. The van der Waals surface area contributed by atoms with E-state index in [1.54, 1.807) is 18.2 Å². The number of benzene rings is 2. The summed E-state index contributed by atoms with van der Waals surface area (Å²) < 4.78 is 0. The summed E-state index contributed by atoms with van der Waals surface area (Å²) in [5.41, 5.74) is 14.4. The van der Waals surface area contributed by atoms with E-state index in [9.17, 15) is 0 Å². The maximum atomic E-state index is 5.96. The Morgan fingerprint density at radius 1 is 0.875 bits per heavy atom. The third kappa shape index (κ3) is 1.94. The van der Waals surface area contributed by atoms with Crippen LogP contribution in [0.25, 0.3) is 11.1 Å². The molecule has 0 aliphatic heterocycles. The first-order chi connectivity index (χ1) is 7.59. The van der Waals surface area contributed by atoms with Crippen LogP contribution in [0.5, 0.6) is 0 Å². The third-order valence-electron chi connectivity index (χ3n) is 2.36. The van der Waals surface area contributed by atoms with Gasteiger partial charge in [0, 0.05) is 5.56 Å². The van der Waals surface area contributed by atoms with Gasteiger partial charge in [0.25, 0.3) is 0 Å². The van der Waals surface area contributed by atoms with Gasteiger partial charge in [-0.1, -0.05) is 41.4 Å². The fourth-order valence-electron chi connectivity index (χ4n) is 1.48. The van der Waals surface area contributed by atoms with Crippen LogP contribution in [0.3, 0.4) is 0 Å². The average molecular weight is 253 g/mol. The van der Waals surface area contributed by atoms with Crippen molar-refractivity contribution in [3.63, 3.8) is 0 Å². The number of halogens is 2. The SMILES string of the molecule is Nc1ccc(-c2cccc(Cl)c2N)cc1Cl. The summed E-state index contributed by atoms with van der Waals surface area (Å²) in [6, 6.07) is 10.9. The van der Waals surface area contributed by atoms with Crippen molar-refractivity contribution < 1.29 is 0 Å². The molecule has 2 aromatic carbocycles. The lowest BCUT2D eigenvalue weighted by atomic mass is 10.0. The highest BCUT2D eigenvalue weighted by Crippen LogP contribution is 2.33. The molecule has 2 aromatic rings. The Morgan fingerprint density at radius 2 is 1.62 bits per heavy atom. The zero-order valence-corrected chi connectivity index (χ0v) is 9.89. The van der Waals surface area contributed by atoms with Crippen LogP contribution in [-0.2, 0) is 0 Å². The minimum absolute atomic E-state index is 0.511. The quantitative estimate of drug-likeness (QED) is 0.759. The lowest BCUT2D eigenvalue weighted by Crippen LogP contribution is -1.92. The Labute approximate surface area is 104 Å². The first-order valence-corrected chi connectivity index (χ1v) is 5.44. The predicted octanol–water partition coefficient (Wildman–Crippen LogP) is 3.82. The van der Waals surface area contributed by atoms with Gasteiger partial charge in [0.15, 0.2) is 0 Å². The molecule has 0 amide bonds. The highest BCUT2D eigenvalue weighted by Gasteiger charge is 2.06. The second-order valence-electron chi connectivity index (χ2n) is 3.44. The molecule has 0 aliphatic carbocycles. The van der Waals surface area contributed by atoms with E-state index in [-0.39, 0.29) is 0 Å². The van der Waals surface area contributed by atoms with Gasteiger partial charge < -0.3 is 11.5 Å². The molecule has 0 aliphatic rings. The number of nitrogens with two attached hydrogens (primary N) is 2. The molecule has 0 radical (unpaired) electrons. The van der Waals surface area contributed by atoms with Crippen molar-refractivity contribution >= 4 is 34.6 Å². The van der Waals surface area contributed by atoms with Gasteiger partial charge in [-0.2, -0.15) is 0 Å². The molecule has 0 saturated carbocycles. The molecule has 16 heavy (non-hydrogen) atoms. The summed E-state index contributed by atoms with van der Waals surface area (Å²) in [6.07, 6.45) is 0. The predicted molar refractivity (Wildman–Crippen MR) is 70.7 cm³/mol. The van der Waals surface area contributed by atoms with Crippen LogP contribution >= 0.6 is 23.2 Å². The Morgan fingerprint density at radius 3 is 2.31 bits per heavy atom. The topological polar surface area (TPSA) is 52.0 Å². The van der Waals surface area contributed by atoms with Crippen molar-refractivity contribution in [2.45, 2.75) is 0 Å². The lowest BCUT2D eigenvalue weighted by molar-refractivity contribution is 1.60. The summed E-state index contributed by atoms with van der Waals surface area (Å²) in [5, 5.41) is 1.04. The Bertz CT molecular complexity index is 539. The van der Waals surface area contributed by atoms with Crippen LogP contribution in [0.4, 0.5) is 11.4 Å². The molecule has 0 bridgehead atoms. The lowest BCUT2D eigenvalue weighted by Gasteiger charge is -2.08. The average Bonchev–Trinajstić information content (AvgIpc) is 2.26. The van der Waals surface area contributed by atoms with Crippen molar-refractivity contribution in [3.05, 3.63) is 46.4 Å². The van der Waals surface area contributed by atoms with Crippen molar-refractivity contribution in [1.82, 2.24) is 0 Å². The monoisotopic (exact) mass is 252 g/mol. The third-order valence-corrected chi connectivity index (χ3v) is 3.02. The van der Waals surface area contributed by atoms with E-state index < -0.39 is 0 Å². The van der Waals surface area contributed by atoms with Gasteiger partial charge in [-0.15, -0.1) is 0 Å². The maximum Gasteiger partial charge on any atom is 0.0641 e. The van der Waals surface area contributed by atoms with Gasteiger partial charge >= 0.3 is 0 Å². The maximum absolute atomic E-state index is 5.96. The number of hydrogen-bond acceptors (Lipinski definition) is 2. The minimum atomic E-state index is 0.511. The smallest absolute Gasteiger partial charge is 0.0641 e. The van der Waals surface area contributed by atoms with Crippen LogP contribution in [0.15, 0.2) is 36.4 Å². The van der Waals surface area contributed by atoms with Crippen LogP contribution in [0.2, 0.25) is 10.0 Å². The van der Waals surface area contributed by atoms with Crippen LogP contribution in [-0.4, -0.2) is 0 Å². The van der Waals surface area contributed by atoms with Gasteiger partial charge in [0.1, 0.15) is 0 Å². The molecule has 0 atom stereocenters. The van der Waals surface area contributed by atoms with Crippen LogP contribution in [0, 0.1) is 0 Å². The first kappa shape index (κ1) is 11.1. The van der Waals surface area contributed by atoms with Crippen LogP contribution in [0.1, 0.15) is 0 Å². The molecule has 2 rings (SSSR count). The molecular weight excluding hydrogens is 243 g/mol. The minimum Gasteiger partial charge on any atom is -0.398 e. The van der Waals surface area contributed by atoms with E-state index in [2.05, 4.69) is 0 Å². The summed E-state index contributed by atoms with van der Waals surface area (Å²) >= 11 is 11.9.